The molecule has 5 nitrogen and oxygen atoms in total. The molecule has 1 N–H and O–H groups in total. The minimum absolute atomic E-state index is 0.0463. The van der Waals surface area contributed by atoms with Crippen molar-refractivity contribution in [2.75, 3.05) is 12.4 Å². The maximum absolute atomic E-state index is 13.0. The summed E-state index contributed by atoms with van der Waals surface area (Å²) in [5, 5.41) is 2.90. The first-order chi connectivity index (χ1) is 12.4. The molecular weight excluding hydrogens is 330 g/mol. The third-order valence-corrected chi connectivity index (χ3v) is 5.25. The lowest BCUT2D eigenvalue weighted by Crippen LogP contribution is -2.31. The SMILES string of the molecule is COc1ccccc1NC(=O)C1=C(OC(C)=O)C=C2CCCC[C@@]2(C)C1. The highest BCUT2D eigenvalue weighted by molar-refractivity contribution is 6.05. The van der Waals surface area contributed by atoms with Gasteiger partial charge in [-0.05, 0) is 49.3 Å². The monoisotopic (exact) mass is 355 g/mol. The van der Waals surface area contributed by atoms with Crippen LogP contribution < -0.4 is 10.1 Å². The van der Waals surface area contributed by atoms with Crippen LogP contribution in [0.2, 0.25) is 0 Å². The van der Waals surface area contributed by atoms with Crippen LogP contribution >= 0.6 is 0 Å². The first-order valence-electron chi connectivity index (χ1n) is 9.00. The van der Waals surface area contributed by atoms with Gasteiger partial charge in [-0.1, -0.05) is 31.1 Å². The highest BCUT2D eigenvalue weighted by atomic mass is 16.5. The largest absolute Gasteiger partial charge is 0.495 e. The van der Waals surface area contributed by atoms with Crippen LogP contribution in [-0.2, 0) is 14.3 Å². The Morgan fingerprint density at radius 3 is 2.69 bits per heavy atom. The zero-order chi connectivity index (χ0) is 18.7. The minimum atomic E-state index is -0.418. The number of benzene rings is 1. The normalized spacial score (nSPS) is 22.2. The summed E-state index contributed by atoms with van der Waals surface area (Å²) in [5.41, 5.74) is 2.33. The molecule has 1 atom stereocenters. The van der Waals surface area contributed by atoms with Crippen LogP contribution in [0.25, 0.3) is 0 Å². The van der Waals surface area contributed by atoms with E-state index in [0.29, 0.717) is 29.2 Å². The average Bonchev–Trinajstić information content (AvgIpc) is 2.61. The van der Waals surface area contributed by atoms with Gasteiger partial charge in [0.25, 0.3) is 5.91 Å². The van der Waals surface area contributed by atoms with Crippen molar-refractivity contribution in [1.82, 2.24) is 0 Å². The van der Waals surface area contributed by atoms with E-state index in [1.165, 1.54) is 12.5 Å². The van der Waals surface area contributed by atoms with Crippen molar-refractivity contribution in [1.29, 1.82) is 0 Å². The number of carbonyl (C=O) groups is 2. The Kier molecular flexibility index (Phi) is 5.16. The lowest BCUT2D eigenvalue weighted by atomic mass is 9.65. The van der Waals surface area contributed by atoms with Crippen molar-refractivity contribution in [2.24, 2.45) is 5.41 Å². The first kappa shape index (κ1) is 18.2. The maximum atomic E-state index is 13.0. The van der Waals surface area contributed by atoms with Gasteiger partial charge in [-0.2, -0.15) is 0 Å². The molecule has 1 fully saturated rings. The number of esters is 1. The van der Waals surface area contributed by atoms with Crippen LogP contribution in [0.15, 0.2) is 47.2 Å². The lowest BCUT2D eigenvalue weighted by Gasteiger charge is -2.40. The van der Waals surface area contributed by atoms with Crippen molar-refractivity contribution in [3.05, 3.63) is 47.2 Å². The number of hydrogen-bond donors (Lipinski definition) is 1. The van der Waals surface area contributed by atoms with Crippen LogP contribution in [0.4, 0.5) is 5.69 Å². The van der Waals surface area contributed by atoms with E-state index in [4.69, 9.17) is 9.47 Å². The molecule has 138 valence electrons. The van der Waals surface area contributed by atoms with E-state index in [9.17, 15) is 9.59 Å². The second kappa shape index (κ2) is 7.36. The van der Waals surface area contributed by atoms with E-state index >= 15 is 0 Å². The van der Waals surface area contributed by atoms with Gasteiger partial charge in [0.2, 0.25) is 0 Å². The Bertz CT molecular complexity index is 793. The fourth-order valence-corrected chi connectivity index (χ4v) is 3.85. The van der Waals surface area contributed by atoms with Gasteiger partial charge in [0.15, 0.2) is 0 Å². The average molecular weight is 355 g/mol. The third kappa shape index (κ3) is 3.66. The molecule has 0 aliphatic heterocycles. The molecule has 0 radical (unpaired) electrons. The third-order valence-electron chi connectivity index (χ3n) is 5.25. The number of nitrogens with one attached hydrogen (secondary N) is 1. The molecule has 0 unspecified atom stereocenters. The Balaban J connectivity index is 1.94. The van der Waals surface area contributed by atoms with E-state index in [2.05, 4.69) is 12.2 Å². The van der Waals surface area contributed by atoms with Gasteiger partial charge >= 0.3 is 5.97 Å². The summed E-state index contributed by atoms with van der Waals surface area (Å²) in [7, 11) is 1.56. The summed E-state index contributed by atoms with van der Waals surface area (Å²) in [5.74, 6) is 0.289. The highest BCUT2D eigenvalue weighted by Gasteiger charge is 2.38. The zero-order valence-electron chi connectivity index (χ0n) is 15.6. The van der Waals surface area contributed by atoms with Crippen LogP contribution in [0.1, 0.15) is 46.0 Å². The summed E-state index contributed by atoms with van der Waals surface area (Å²) >= 11 is 0. The van der Waals surface area contributed by atoms with Gasteiger partial charge in [0.05, 0.1) is 18.4 Å². The number of allylic oxidation sites excluding steroid dienone is 2. The summed E-state index contributed by atoms with van der Waals surface area (Å²) in [6, 6.07) is 7.26. The van der Waals surface area contributed by atoms with Crippen molar-refractivity contribution < 1.29 is 19.1 Å². The molecule has 0 heterocycles. The van der Waals surface area contributed by atoms with Crippen molar-refractivity contribution in [2.45, 2.75) is 46.0 Å². The summed E-state index contributed by atoms with van der Waals surface area (Å²) in [6.45, 7) is 3.55. The standard InChI is InChI=1S/C21H25NO4/c1-14(23)26-19-12-15-8-6-7-11-21(15,2)13-16(19)20(24)22-17-9-4-5-10-18(17)25-3/h4-5,9-10,12H,6-8,11,13H2,1-3H3,(H,22,24)/t21-/m0/s1. The van der Waals surface area contributed by atoms with E-state index in [1.807, 2.05) is 18.2 Å². The van der Waals surface area contributed by atoms with Crippen molar-refractivity contribution >= 4 is 17.6 Å². The molecular formula is C21H25NO4. The van der Waals surface area contributed by atoms with E-state index < -0.39 is 5.97 Å². The molecule has 3 rings (SSSR count). The number of carbonyl (C=O) groups excluding carboxylic acids is 2. The molecule has 0 bridgehead atoms. The lowest BCUT2D eigenvalue weighted by molar-refractivity contribution is -0.136. The summed E-state index contributed by atoms with van der Waals surface area (Å²) in [6.07, 6.45) is 6.79. The molecule has 1 saturated carbocycles. The number of para-hydroxylation sites is 2. The van der Waals surface area contributed by atoms with E-state index in [0.717, 1.165) is 25.7 Å². The smallest absolute Gasteiger partial charge is 0.308 e. The number of methoxy groups -OCH3 is 1. The van der Waals surface area contributed by atoms with Gasteiger partial charge in [-0.25, -0.2) is 0 Å². The number of hydrogen-bond acceptors (Lipinski definition) is 4. The second-order valence-electron chi connectivity index (χ2n) is 7.20. The molecule has 1 aromatic rings. The number of fused-ring (bicyclic) bond motifs is 1. The Morgan fingerprint density at radius 2 is 1.96 bits per heavy atom. The maximum Gasteiger partial charge on any atom is 0.308 e. The van der Waals surface area contributed by atoms with Gasteiger partial charge in [-0.3, -0.25) is 9.59 Å². The van der Waals surface area contributed by atoms with Gasteiger partial charge in [-0.15, -0.1) is 0 Å². The predicted octanol–water partition coefficient (Wildman–Crippen LogP) is 4.36. The zero-order valence-corrected chi connectivity index (χ0v) is 15.6. The van der Waals surface area contributed by atoms with Crippen molar-refractivity contribution in [3.63, 3.8) is 0 Å². The first-order valence-corrected chi connectivity index (χ1v) is 9.00. The molecule has 5 heteroatoms. The molecule has 2 aliphatic rings. The van der Waals surface area contributed by atoms with E-state index in [1.54, 1.807) is 19.2 Å². The van der Waals surface area contributed by atoms with Gasteiger partial charge < -0.3 is 14.8 Å². The summed E-state index contributed by atoms with van der Waals surface area (Å²) in [4.78, 5) is 24.5. The van der Waals surface area contributed by atoms with E-state index in [-0.39, 0.29) is 11.3 Å². The Hall–Kier alpha value is -2.56. The van der Waals surface area contributed by atoms with Crippen LogP contribution in [0, 0.1) is 5.41 Å². The topological polar surface area (TPSA) is 64.6 Å². The van der Waals surface area contributed by atoms with Crippen LogP contribution in [0.5, 0.6) is 5.75 Å². The minimum Gasteiger partial charge on any atom is -0.495 e. The molecule has 2 aliphatic carbocycles. The fourth-order valence-electron chi connectivity index (χ4n) is 3.85. The Labute approximate surface area is 154 Å². The molecule has 0 aromatic heterocycles. The number of ether oxygens (including phenoxy) is 2. The molecule has 0 spiro atoms. The molecule has 0 saturated heterocycles. The van der Waals surface area contributed by atoms with Gasteiger partial charge in [0.1, 0.15) is 11.5 Å². The Morgan fingerprint density at radius 1 is 1.19 bits per heavy atom. The number of amides is 1. The molecule has 1 aromatic carbocycles. The fraction of sp³-hybridized carbons (Fsp3) is 0.429. The van der Waals surface area contributed by atoms with Gasteiger partial charge in [0, 0.05) is 6.92 Å². The summed E-state index contributed by atoms with van der Waals surface area (Å²) < 4.78 is 10.7. The van der Waals surface area contributed by atoms with Crippen LogP contribution in [0.3, 0.4) is 0 Å². The predicted molar refractivity (Wildman–Crippen MR) is 99.7 cm³/mol. The van der Waals surface area contributed by atoms with Crippen LogP contribution in [-0.4, -0.2) is 19.0 Å². The number of rotatable bonds is 4. The second-order valence-corrected chi connectivity index (χ2v) is 7.20. The highest BCUT2D eigenvalue weighted by Crippen LogP contribution is 2.49. The number of anilines is 1. The molecule has 26 heavy (non-hydrogen) atoms. The quantitative estimate of drug-likeness (QED) is 0.815. The molecule has 1 amide bonds. The van der Waals surface area contributed by atoms with Crippen molar-refractivity contribution in [3.8, 4) is 5.75 Å².